The highest BCUT2D eigenvalue weighted by molar-refractivity contribution is 9.10. The number of nitrogens with two attached hydrogens (primary N) is 1. The van der Waals surface area contributed by atoms with Crippen LogP contribution in [0.2, 0.25) is 0 Å². The first kappa shape index (κ1) is 13.6. The molecule has 0 amide bonds. The van der Waals surface area contributed by atoms with Gasteiger partial charge in [-0.3, -0.25) is 0 Å². The maximum absolute atomic E-state index is 13.3. The molecule has 0 saturated carbocycles. The first-order chi connectivity index (χ1) is 7.44. The Morgan fingerprint density at radius 1 is 1.56 bits per heavy atom. The molecule has 0 bridgehead atoms. The van der Waals surface area contributed by atoms with Crippen molar-refractivity contribution in [1.82, 2.24) is 0 Å². The van der Waals surface area contributed by atoms with Crippen molar-refractivity contribution in [2.75, 3.05) is 6.54 Å². The van der Waals surface area contributed by atoms with Crippen LogP contribution in [0.25, 0.3) is 0 Å². The highest BCUT2D eigenvalue weighted by Crippen LogP contribution is 2.36. The molecule has 0 aliphatic rings. The van der Waals surface area contributed by atoms with E-state index in [1.807, 2.05) is 13.8 Å². The third-order valence-corrected chi connectivity index (χ3v) is 3.84. The van der Waals surface area contributed by atoms with Gasteiger partial charge in [0.15, 0.2) is 0 Å². The van der Waals surface area contributed by atoms with Gasteiger partial charge in [0.05, 0.1) is 10.6 Å². The molecule has 90 valence electrons. The van der Waals surface area contributed by atoms with E-state index in [9.17, 15) is 9.50 Å². The summed E-state index contributed by atoms with van der Waals surface area (Å²) in [6.45, 7) is 4.23. The van der Waals surface area contributed by atoms with Crippen molar-refractivity contribution >= 4 is 15.9 Å². The molecule has 0 aliphatic carbocycles. The fourth-order valence-electron chi connectivity index (χ4n) is 1.53. The van der Waals surface area contributed by atoms with Gasteiger partial charge in [0.1, 0.15) is 5.82 Å². The Balaban J connectivity index is 3.04. The van der Waals surface area contributed by atoms with Crippen LogP contribution < -0.4 is 5.73 Å². The Labute approximate surface area is 104 Å². The summed E-state index contributed by atoms with van der Waals surface area (Å²) in [5.74, 6) is -0.368. The Bertz CT molecular complexity index is 366. The predicted octanol–water partition coefficient (Wildman–Crippen LogP) is 3.00. The van der Waals surface area contributed by atoms with E-state index in [-0.39, 0.29) is 5.82 Å². The lowest BCUT2D eigenvalue weighted by Gasteiger charge is -2.32. The van der Waals surface area contributed by atoms with Gasteiger partial charge in [-0.05, 0) is 40.0 Å². The minimum Gasteiger partial charge on any atom is -0.388 e. The smallest absolute Gasteiger partial charge is 0.137 e. The van der Waals surface area contributed by atoms with Crippen LogP contribution in [0.4, 0.5) is 4.39 Å². The average molecular weight is 290 g/mol. The second kappa shape index (κ2) is 5.25. The van der Waals surface area contributed by atoms with Crippen molar-refractivity contribution in [3.63, 3.8) is 0 Å². The van der Waals surface area contributed by atoms with Gasteiger partial charge >= 0.3 is 0 Å². The van der Waals surface area contributed by atoms with Crippen molar-refractivity contribution in [2.24, 2.45) is 11.1 Å². The zero-order valence-corrected chi connectivity index (χ0v) is 11.1. The molecule has 16 heavy (non-hydrogen) atoms. The molecule has 0 fully saturated rings. The average Bonchev–Trinajstić information content (AvgIpc) is 2.30. The van der Waals surface area contributed by atoms with Crippen molar-refractivity contribution in [3.8, 4) is 0 Å². The quantitative estimate of drug-likeness (QED) is 0.895. The monoisotopic (exact) mass is 289 g/mol. The third-order valence-electron chi connectivity index (χ3n) is 3.19. The van der Waals surface area contributed by atoms with E-state index in [1.165, 1.54) is 6.07 Å². The zero-order chi connectivity index (χ0) is 12.3. The van der Waals surface area contributed by atoms with Crippen LogP contribution in [0.1, 0.15) is 31.9 Å². The molecule has 0 aliphatic heterocycles. The lowest BCUT2D eigenvalue weighted by atomic mass is 9.78. The Hall–Kier alpha value is -0.450. The molecular weight excluding hydrogens is 273 g/mol. The fraction of sp³-hybridized carbons (Fsp3) is 0.500. The first-order valence-corrected chi connectivity index (χ1v) is 6.07. The number of aliphatic hydroxyl groups is 1. The highest BCUT2D eigenvalue weighted by Gasteiger charge is 2.31. The lowest BCUT2D eigenvalue weighted by Crippen LogP contribution is -2.33. The minimum atomic E-state index is -0.745. The van der Waals surface area contributed by atoms with Crippen LogP contribution in [0.3, 0.4) is 0 Å². The van der Waals surface area contributed by atoms with Gasteiger partial charge in [-0.1, -0.05) is 19.9 Å². The summed E-state index contributed by atoms with van der Waals surface area (Å²) in [7, 11) is 0. The molecule has 0 heterocycles. The van der Waals surface area contributed by atoms with E-state index in [4.69, 9.17) is 5.73 Å². The van der Waals surface area contributed by atoms with Crippen LogP contribution in [0.15, 0.2) is 22.7 Å². The molecule has 0 spiro atoms. The first-order valence-electron chi connectivity index (χ1n) is 5.27. The van der Waals surface area contributed by atoms with E-state index in [2.05, 4.69) is 15.9 Å². The molecule has 3 N–H and O–H groups in total. The second-order valence-corrected chi connectivity index (χ2v) is 5.14. The largest absolute Gasteiger partial charge is 0.388 e. The topological polar surface area (TPSA) is 46.2 Å². The maximum Gasteiger partial charge on any atom is 0.137 e. The van der Waals surface area contributed by atoms with Crippen molar-refractivity contribution in [1.29, 1.82) is 0 Å². The number of rotatable bonds is 4. The van der Waals surface area contributed by atoms with E-state index in [1.54, 1.807) is 12.1 Å². The summed E-state index contributed by atoms with van der Waals surface area (Å²) in [5, 5.41) is 10.2. The zero-order valence-electron chi connectivity index (χ0n) is 9.50. The van der Waals surface area contributed by atoms with Gasteiger partial charge in [-0.15, -0.1) is 0 Å². The van der Waals surface area contributed by atoms with Crippen molar-refractivity contribution in [3.05, 3.63) is 34.1 Å². The number of aliphatic hydroxyl groups excluding tert-OH is 1. The summed E-state index contributed by atoms with van der Waals surface area (Å²) in [4.78, 5) is 0. The van der Waals surface area contributed by atoms with Crippen LogP contribution in [-0.4, -0.2) is 11.7 Å². The summed E-state index contributed by atoms with van der Waals surface area (Å²) in [6.07, 6.45) is -0.00684. The van der Waals surface area contributed by atoms with Gasteiger partial charge in [-0.25, -0.2) is 4.39 Å². The molecule has 0 saturated heterocycles. The highest BCUT2D eigenvalue weighted by atomic mass is 79.9. The van der Waals surface area contributed by atoms with E-state index < -0.39 is 11.5 Å². The normalized spacial score (nSPS) is 16.9. The molecule has 1 aromatic rings. The van der Waals surface area contributed by atoms with Crippen LogP contribution in [-0.2, 0) is 0 Å². The summed E-state index contributed by atoms with van der Waals surface area (Å²) >= 11 is 3.08. The molecule has 2 atom stereocenters. The molecule has 4 heteroatoms. The molecule has 0 aromatic heterocycles. The number of benzene rings is 1. The number of hydrogen-bond acceptors (Lipinski definition) is 2. The van der Waals surface area contributed by atoms with Crippen LogP contribution in [0, 0.1) is 11.2 Å². The Morgan fingerprint density at radius 3 is 2.62 bits per heavy atom. The van der Waals surface area contributed by atoms with Crippen LogP contribution >= 0.6 is 15.9 Å². The fourth-order valence-corrected chi connectivity index (χ4v) is 1.78. The Kier molecular flexibility index (Phi) is 4.47. The van der Waals surface area contributed by atoms with Gasteiger partial charge in [0.2, 0.25) is 0 Å². The molecular formula is C12H17BrFNO. The SMILES string of the molecule is CCC(C)(CN)C(O)c1ccc(Br)c(F)c1. The number of hydrogen-bond donors (Lipinski definition) is 2. The molecule has 2 unspecified atom stereocenters. The van der Waals surface area contributed by atoms with E-state index in [0.29, 0.717) is 16.6 Å². The standard InChI is InChI=1S/C12H17BrFNO/c1-3-12(2,7-15)11(16)8-4-5-9(13)10(14)6-8/h4-6,11,16H,3,7,15H2,1-2H3. The van der Waals surface area contributed by atoms with Gasteiger partial charge in [-0.2, -0.15) is 0 Å². The van der Waals surface area contributed by atoms with Gasteiger partial charge in [0, 0.05) is 12.0 Å². The van der Waals surface area contributed by atoms with Gasteiger partial charge in [0.25, 0.3) is 0 Å². The maximum atomic E-state index is 13.3. The summed E-state index contributed by atoms with van der Waals surface area (Å²) in [6, 6.07) is 4.65. The van der Waals surface area contributed by atoms with E-state index in [0.717, 1.165) is 6.42 Å². The summed E-state index contributed by atoms with van der Waals surface area (Å²) in [5.41, 5.74) is 5.81. The Morgan fingerprint density at radius 2 is 2.19 bits per heavy atom. The molecule has 1 rings (SSSR count). The summed E-state index contributed by atoms with van der Waals surface area (Å²) < 4.78 is 13.7. The van der Waals surface area contributed by atoms with Crippen molar-refractivity contribution < 1.29 is 9.50 Å². The molecule has 2 nitrogen and oxygen atoms in total. The molecule has 1 aromatic carbocycles. The number of halogens is 2. The van der Waals surface area contributed by atoms with E-state index >= 15 is 0 Å². The van der Waals surface area contributed by atoms with Crippen molar-refractivity contribution in [2.45, 2.75) is 26.4 Å². The second-order valence-electron chi connectivity index (χ2n) is 4.29. The molecule has 0 radical (unpaired) electrons. The minimum absolute atomic E-state index is 0.363. The van der Waals surface area contributed by atoms with Crippen LogP contribution in [0.5, 0.6) is 0 Å². The van der Waals surface area contributed by atoms with Gasteiger partial charge < -0.3 is 10.8 Å². The predicted molar refractivity (Wildman–Crippen MR) is 66.5 cm³/mol. The third kappa shape index (κ3) is 2.62. The lowest BCUT2D eigenvalue weighted by molar-refractivity contribution is 0.0389.